The second-order valence-electron chi connectivity index (χ2n) is 7.44. The van der Waals surface area contributed by atoms with Crippen molar-refractivity contribution in [1.29, 1.82) is 0 Å². The molecule has 0 bridgehead atoms. The minimum Gasteiger partial charge on any atom is -0.497 e. The van der Waals surface area contributed by atoms with Gasteiger partial charge in [0.1, 0.15) is 17.8 Å². The fraction of sp³-hybridized carbons (Fsp3) is 0.115. The van der Waals surface area contributed by atoms with Crippen LogP contribution in [0.1, 0.15) is 32.0 Å². The first-order valence-corrected chi connectivity index (χ1v) is 10.5. The molecule has 4 aromatic rings. The van der Waals surface area contributed by atoms with Crippen LogP contribution in [0.15, 0.2) is 66.7 Å². The van der Waals surface area contributed by atoms with Gasteiger partial charge in [0.15, 0.2) is 0 Å². The van der Waals surface area contributed by atoms with E-state index in [2.05, 4.69) is 0 Å². The molecule has 1 aromatic heterocycles. The molecule has 0 unspecified atom stereocenters. The number of aromatic nitrogens is 1. The summed E-state index contributed by atoms with van der Waals surface area (Å²) >= 11 is 5.97. The van der Waals surface area contributed by atoms with Crippen molar-refractivity contribution in [2.75, 3.05) is 7.11 Å². The van der Waals surface area contributed by atoms with Gasteiger partial charge in [-0.15, -0.1) is 0 Å². The first kappa shape index (κ1) is 22.3. The number of ether oxygens (including phenoxy) is 2. The Balaban J connectivity index is 1.74. The molecule has 0 aliphatic rings. The van der Waals surface area contributed by atoms with Gasteiger partial charge in [0.05, 0.1) is 19.0 Å². The zero-order chi connectivity index (χ0) is 23.5. The van der Waals surface area contributed by atoms with Crippen molar-refractivity contribution in [3.63, 3.8) is 0 Å². The maximum absolute atomic E-state index is 13.3. The maximum atomic E-state index is 13.3. The molecule has 0 atom stereocenters. The largest absolute Gasteiger partial charge is 0.497 e. The van der Waals surface area contributed by atoms with Gasteiger partial charge in [-0.3, -0.25) is 19.0 Å². The highest BCUT2D eigenvalue weighted by atomic mass is 35.5. The van der Waals surface area contributed by atoms with Crippen molar-refractivity contribution in [2.45, 2.75) is 13.3 Å². The normalized spacial score (nSPS) is 10.8. The molecular weight excluding hydrogens is 442 g/mol. The third-order valence-electron chi connectivity index (χ3n) is 5.38. The van der Waals surface area contributed by atoms with Gasteiger partial charge >= 0.3 is 5.97 Å². The lowest BCUT2D eigenvalue weighted by Gasteiger charge is -2.08. The molecule has 166 valence electrons. The van der Waals surface area contributed by atoms with Crippen LogP contribution in [0.25, 0.3) is 10.9 Å². The van der Waals surface area contributed by atoms with Crippen molar-refractivity contribution in [2.24, 2.45) is 0 Å². The molecular formula is C26H20ClNO5. The highest BCUT2D eigenvalue weighted by molar-refractivity contribution is 6.30. The van der Waals surface area contributed by atoms with Crippen molar-refractivity contribution in [1.82, 2.24) is 4.57 Å². The minimum atomic E-state index is -0.512. The Morgan fingerprint density at radius 3 is 2.45 bits per heavy atom. The Bertz CT molecular complexity index is 1370. The Morgan fingerprint density at radius 2 is 1.76 bits per heavy atom. The van der Waals surface area contributed by atoms with Gasteiger partial charge in [-0.25, -0.2) is 0 Å². The van der Waals surface area contributed by atoms with Crippen LogP contribution in [0.4, 0.5) is 0 Å². The molecule has 1 heterocycles. The molecule has 3 aromatic carbocycles. The quantitative estimate of drug-likeness (QED) is 0.222. The van der Waals surface area contributed by atoms with Gasteiger partial charge in [0.25, 0.3) is 5.91 Å². The average Bonchev–Trinajstić information content (AvgIpc) is 3.09. The number of fused-ring (bicyclic) bond motifs is 1. The number of benzene rings is 3. The number of nitrogens with zero attached hydrogens (tertiary/aromatic N) is 1. The number of halogens is 1. The van der Waals surface area contributed by atoms with Gasteiger partial charge in [0, 0.05) is 27.2 Å². The summed E-state index contributed by atoms with van der Waals surface area (Å²) in [4.78, 5) is 37.1. The number of hydrogen-bond donors (Lipinski definition) is 0. The third-order valence-corrected chi connectivity index (χ3v) is 5.64. The van der Waals surface area contributed by atoms with E-state index in [9.17, 15) is 14.4 Å². The lowest BCUT2D eigenvalue weighted by atomic mass is 10.1. The molecule has 0 N–H and O–H groups in total. The summed E-state index contributed by atoms with van der Waals surface area (Å²) in [6, 6.07) is 18.3. The lowest BCUT2D eigenvalue weighted by molar-refractivity contribution is -0.133. The standard InChI is InChI=1S/C26H20ClNO5/c1-16-22(14-25(30)33-21-5-3-4-17(12-21)15-29)23-13-20(32-2)10-11-24(23)28(16)26(31)18-6-8-19(27)9-7-18/h3-13,15H,14H2,1-2H3. The van der Waals surface area contributed by atoms with Crippen LogP contribution in [-0.2, 0) is 11.2 Å². The molecule has 0 saturated carbocycles. The van der Waals surface area contributed by atoms with Gasteiger partial charge < -0.3 is 9.47 Å². The van der Waals surface area contributed by atoms with Crippen molar-refractivity contribution in [3.05, 3.63) is 94.1 Å². The molecule has 0 fully saturated rings. The number of carbonyl (C=O) groups is 3. The highest BCUT2D eigenvalue weighted by Gasteiger charge is 2.22. The average molecular weight is 462 g/mol. The summed E-state index contributed by atoms with van der Waals surface area (Å²) in [6.45, 7) is 1.79. The smallest absolute Gasteiger partial charge is 0.315 e. The number of aldehydes is 1. The third kappa shape index (κ3) is 4.52. The monoisotopic (exact) mass is 461 g/mol. The molecule has 0 saturated heterocycles. The number of rotatable bonds is 6. The molecule has 6 nitrogen and oxygen atoms in total. The first-order chi connectivity index (χ1) is 15.9. The van der Waals surface area contributed by atoms with E-state index in [0.717, 1.165) is 0 Å². The maximum Gasteiger partial charge on any atom is 0.315 e. The van der Waals surface area contributed by atoms with Gasteiger partial charge in [-0.2, -0.15) is 0 Å². The second kappa shape index (κ2) is 9.30. The van der Waals surface area contributed by atoms with E-state index in [0.29, 0.717) is 50.3 Å². The van der Waals surface area contributed by atoms with Crippen molar-refractivity contribution in [3.8, 4) is 11.5 Å². The fourth-order valence-corrected chi connectivity index (χ4v) is 3.88. The zero-order valence-corrected chi connectivity index (χ0v) is 18.8. The number of carbonyl (C=O) groups excluding carboxylic acids is 3. The predicted molar refractivity (Wildman–Crippen MR) is 126 cm³/mol. The predicted octanol–water partition coefficient (Wildman–Crippen LogP) is 5.26. The molecule has 33 heavy (non-hydrogen) atoms. The van der Waals surface area contributed by atoms with Gasteiger partial charge in [0.2, 0.25) is 0 Å². The summed E-state index contributed by atoms with van der Waals surface area (Å²) in [6.07, 6.45) is 0.617. The Labute approximate surface area is 195 Å². The molecule has 0 radical (unpaired) electrons. The highest BCUT2D eigenvalue weighted by Crippen LogP contribution is 2.31. The topological polar surface area (TPSA) is 74.6 Å². The van der Waals surface area contributed by atoms with E-state index in [4.69, 9.17) is 21.1 Å². The Hall–Kier alpha value is -3.90. The van der Waals surface area contributed by atoms with E-state index in [1.807, 2.05) is 0 Å². The van der Waals surface area contributed by atoms with Crippen LogP contribution in [-0.4, -0.2) is 29.8 Å². The van der Waals surface area contributed by atoms with Crippen molar-refractivity contribution >= 4 is 40.7 Å². The van der Waals surface area contributed by atoms with E-state index in [-0.39, 0.29) is 18.1 Å². The van der Waals surface area contributed by atoms with E-state index in [1.54, 1.807) is 79.3 Å². The van der Waals surface area contributed by atoms with Crippen LogP contribution in [0.2, 0.25) is 5.02 Å². The van der Waals surface area contributed by atoms with Crippen LogP contribution >= 0.6 is 11.6 Å². The fourth-order valence-electron chi connectivity index (χ4n) is 3.76. The van der Waals surface area contributed by atoms with Crippen LogP contribution < -0.4 is 9.47 Å². The Morgan fingerprint density at radius 1 is 1.00 bits per heavy atom. The SMILES string of the molecule is COc1ccc2c(c1)c(CC(=O)Oc1cccc(C=O)c1)c(C)n2C(=O)c1ccc(Cl)cc1. The zero-order valence-electron chi connectivity index (χ0n) is 18.0. The molecule has 0 spiro atoms. The van der Waals surface area contributed by atoms with Gasteiger partial charge in [-0.1, -0.05) is 23.7 Å². The summed E-state index contributed by atoms with van der Waals surface area (Å²) in [5.74, 6) is 0.132. The molecule has 4 rings (SSSR count). The van der Waals surface area contributed by atoms with Gasteiger partial charge in [-0.05, 0) is 67.1 Å². The molecule has 0 aliphatic heterocycles. The summed E-state index contributed by atoms with van der Waals surface area (Å²) in [5, 5.41) is 1.25. The lowest BCUT2D eigenvalue weighted by Crippen LogP contribution is -2.15. The van der Waals surface area contributed by atoms with Crippen LogP contribution in [0, 0.1) is 6.92 Å². The van der Waals surface area contributed by atoms with E-state index < -0.39 is 5.97 Å². The molecule has 0 aliphatic carbocycles. The van der Waals surface area contributed by atoms with Crippen molar-refractivity contribution < 1.29 is 23.9 Å². The number of hydrogen-bond acceptors (Lipinski definition) is 5. The second-order valence-corrected chi connectivity index (χ2v) is 7.87. The number of methoxy groups -OCH3 is 1. The molecule has 7 heteroatoms. The van der Waals surface area contributed by atoms with Crippen LogP contribution in [0.3, 0.4) is 0 Å². The minimum absolute atomic E-state index is 0.0677. The summed E-state index contributed by atoms with van der Waals surface area (Å²) in [5.41, 5.74) is 2.81. The summed E-state index contributed by atoms with van der Waals surface area (Å²) < 4.78 is 12.4. The number of esters is 1. The van der Waals surface area contributed by atoms with E-state index in [1.165, 1.54) is 6.07 Å². The Kier molecular flexibility index (Phi) is 6.29. The van der Waals surface area contributed by atoms with Crippen LogP contribution in [0.5, 0.6) is 11.5 Å². The first-order valence-electron chi connectivity index (χ1n) is 10.2. The van der Waals surface area contributed by atoms with E-state index >= 15 is 0 Å². The molecule has 0 amide bonds. The summed E-state index contributed by atoms with van der Waals surface area (Å²) in [7, 11) is 1.55.